The molecule has 0 aromatic carbocycles. The maximum atomic E-state index is 4.62. The maximum absolute atomic E-state index is 4.62. The molecule has 0 aromatic heterocycles. The van der Waals surface area contributed by atoms with Gasteiger partial charge in [0.15, 0.2) is 0 Å². The number of hydrogen-bond acceptors (Lipinski definition) is 2. The van der Waals surface area contributed by atoms with Crippen molar-refractivity contribution in [2.45, 2.75) is 6.10 Å². The zero-order valence-electron chi connectivity index (χ0n) is 4.41. The van der Waals surface area contributed by atoms with Gasteiger partial charge in [-0.25, -0.2) is 0 Å². The van der Waals surface area contributed by atoms with Gasteiger partial charge in [0.25, 0.3) is 0 Å². The van der Waals surface area contributed by atoms with Gasteiger partial charge in [0.2, 0.25) is 0 Å². The molecule has 0 saturated carbocycles. The lowest BCUT2D eigenvalue weighted by atomic mass is 10.3. The second-order valence-electron chi connectivity index (χ2n) is 1.44. The minimum atomic E-state index is -0.190. The van der Waals surface area contributed by atoms with Crippen molar-refractivity contribution in [3.8, 4) is 0 Å². The summed E-state index contributed by atoms with van der Waals surface area (Å²) in [6.07, 6.45) is 6.63. The summed E-state index contributed by atoms with van der Waals surface area (Å²) in [4.78, 5) is 9.12. The highest BCUT2D eigenvalue weighted by atomic mass is 17.2. The van der Waals surface area contributed by atoms with E-state index >= 15 is 0 Å². The standard InChI is InChI=1S/C6H7O2/c1-6-4-2-3-5-7-8-6/h2-6H,1H2. The van der Waals surface area contributed by atoms with Crippen molar-refractivity contribution in [2.24, 2.45) is 0 Å². The Labute approximate surface area is 48.3 Å². The van der Waals surface area contributed by atoms with E-state index < -0.39 is 0 Å². The van der Waals surface area contributed by atoms with E-state index in [4.69, 9.17) is 0 Å². The Bertz CT molecular complexity index is 116. The molecule has 2 nitrogen and oxygen atoms in total. The second kappa shape index (κ2) is 2.52. The fraction of sp³-hybridized carbons (Fsp3) is 0.167. The van der Waals surface area contributed by atoms with Crippen LogP contribution in [-0.2, 0) is 9.78 Å². The molecule has 0 aliphatic carbocycles. The molecule has 0 spiro atoms. The molecule has 43 valence electrons. The first-order valence-electron chi connectivity index (χ1n) is 2.38. The molecule has 1 aliphatic rings. The van der Waals surface area contributed by atoms with E-state index in [9.17, 15) is 0 Å². The van der Waals surface area contributed by atoms with Gasteiger partial charge in [-0.15, -0.1) is 0 Å². The van der Waals surface area contributed by atoms with Crippen LogP contribution in [0.2, 0.25) is 0 Å². The Morgan fingerprint density at radius 1 is 1.38 bits per heavy atom. The van der Waals surface area contributed by atoms with Crippen LogP contribution in [0.15, 0.2) is 24.5 Å². The van der Waals surface area contributed by atoms with Crippen molar-refractivity contribution in [3.05, 3.63) is 31.4 Å². The van der Waals surface area contributed by atoms with E-state index in [1.165, 1.54) is 6.26 Å². The Kier molecular flexibility index (Phi) is 1.70. The topological polar surface area (TPSA) is 18.5 Å². The summed E-state index contributed by atoms with van der Waals surface area (Å²) in [6.45, 7) is 3.58. The van der Waals surface area contributed by atoms with Crippen LogP contribution < -0.4 is 0 Å². The van der Waals surface area contributed by atoms with E-state index in [1.54, 1.807) is 12.2 Å². The molecule has 8 heavy (non-hydrogen) atoms. The van der Waals surface area contributed by atoms with Gasteiger partial charge in [0, 0.05) is 0 Å². The van der Waals surface area contributed by atoms with Crippen LogP contribution in [-0.4, -0.2) is 6.10 Å². The molecule has 1 heterocycles. The van der Waals surface area contributed by atoms with Crippen LogP contribution in [0.1, 0.15) is 0 Å². The molecule has 1 aliphatic heterocycles. The van der Waals surface area contributed by atoms with E-state index in [0.29, 0.717) is 0 Å². The summed E-state index contributed by atoms with van der Waals surface area (Å²) in [5.41, 5.74) is 0. The molecule has 0 bridgehead atoms. The Morgan fingerprint density at radius 3 is 3.12 bits per heavy atom. The van der Waals surface area contributed by atoms with E-state index in [0.717, 1.165) is 0 Å². The molecule has 0 N–H and O–H groups in total. The van der Waals surface area contributed by atoms with Gasteiger partial charge in [-0.3, -0.25) is 0 Å². The minimum Gasteiger partial charge on any atom is -0.345 e. The molecule has 2 heteroatoms. The van der Waals surface area contributed by atoms with Gasteiger partial charge in [0.05, 0.1) is 0 Å². The van der Waals surface area contributed by atoms with E-state index in [1.807, 2.05) is 6.08 Å². The molecule has 1 atom stereocenters. The second-order valence-corrected chi connectivity index (χ2v) is 1.44. The fourth-order valence-corrected chi connectivity index (χ4v) is 0.401. The fourth-order valence-electron chi connectivity index (χ4n) is 0.401. The minimum absolute atomic E-state index is 0.190. The van der Waals surface area contributed by atoms with Gasteiger partial charge >= 0.3 is 0 Å². The van der Waals surface area contributed by atoms with Gasteiger partial charge in [-0.2, -0.15) is 4.89 Å². The van der Waals surface area contributed by atoms with Crippen LogP contribution in [0, 0.1) is 6.92 Å². The zero-order chi connectivity index (χ0) is 5.82. The summed E-state index contributed by atoms with van der Waals surface area (Å²) in [5, 5.41) is 0. The van der Waals surface area contributed by atoms with E-state index in [-0.39, 0.29) is 6.10 Å². The molecule has 0 aromatic rings. The van der Waals surface area contributed by atoms with E-state index in [2.05, 4.69) is 16.7 Å². The monoisotopic (exact) mass is 111 g/mol. The van der Waals surface area contributed by atoms with Crippen molar-refractivity contribution in [3.63, 3.8) is 0 Å². The normalized spacial score (nSPS) is 26.9. The van der Waals surface area contributed by atoms with Crippen LogP contribution >= 0.6 is 0 Å². The third kappa shape index (κ3) is 1.39. The maximum Gasteiger partial charge on any atom is 0.129 e. The average molecular weight is 111 g/mol. The Balaban J connectivity index is 2.46. The smallest absolute Gasteiger partial charge is 0.129 e. The van der Waals surface area contributed by atoms with Crippen molar-refractivity contribution < 1.29 is 9.78 Å². The van der Waals surface area contributed by atoms with Gasteiger partial charge in [-0.1, -0.05) is 12.2 Å². The van der Waals surface area contributed by atoms with Gasteiger partial charge in [0.1, 0.15) is 12.4 Å². The largest absolute Gasteiger partial charge is 0.345 e. The summed E-state index contributed by atoms with van der Waals surface area (Å²) < 4.78 is 0. The average Bonchev–Trinajstić information content (AvgIpc) is 1.94. The lowest BCUT2D eigenvalue weighted by Gasteiger charge is -2.00. The summed E-state index contributed by atoms with van der Waals surface area (Å²) >= 11 is 0. The highest BCUT2D eigenvalue weighted by Crippen LogP contribution is 1.98. The van der Waals surface area contributed by atoms with Crippen LogP contribution in [0.3, 0.4) is 0 Å². The van der Waals surface area contributed by atoms with Crippen LogP contribution in [0.5, 0.6) is 0 Å². The predicted octanol–water partition coefficient (Wildman–Crippen LogP) is 1.22. The van der Waals surface area contributed by atoms with Crippen molar-refractivity contribution in [1.29, 1.82) is 0 Å². The number of allylic oxidation sites excluding steroid dienone is 2. The van der Waals surface area contributed by atoms with Crippen molar-refractivity contribution in [1.82, 2.24) is 0 Å². The molecular formula is C6H7O2. The van der Waals surface area contributed by atoms with Crippen LogP contribution in [0.4, 0.5) is 0 Å². The summed E-state index contributed by atoms with van der Waals surface area (Å²) in [5.74, 6) is 0. The first-order chi connectivity index (χ1) is 3.89. The number of rotatable bonds is 0. The number of hydrogen-bond donors (Lipinski definition) is 0. The lowest BCUT2D eigenvalue weighted by Crippen LogP contribution is -2.00. The highest BCUT2D eigenvalue weighted by molar-refractivity contribution is 5.04. The molecule has 0 fully saturated rings. The van der Waals surface area contributed by atoms with Gasteiger partial charge < -0.3 is 4.89 Å². The summed E-state index contributed by atoms with van der Waals surface area (Å²) in [7, 11) is 0. The third-order valence-electron chi connectivity index (χ3n) is 0.750. The SMILES string of the molecule is [CH2]C1C=CC=COO1. The molecule has 0 saturated heterocycles. The highest BCUT2D eigenvalue weighted by Gasteiger charge is 1.96. The Hall–Kier alpha value is -0.760. The quantitative estimate of drug-likeness (QED) is 0.437. The first-order valence-corrected chi connectivity index (χ1v) is 2.38. The summed E-state index contributed by atoms with van der Waals surface area (Å²) in [6, 6.07) is 0. The first kappa shape index (κ1) is 5.38. The molecule has 1 rings (SSSR count). The van der Waals surface area contributed by atoms with Gasteiger partial charge in [-0.05, 0) is 13.0 Å². The molecule has 1 unspecified atom stereocenters. The third-order valence-corrected chi connectivity index (χ3v) is 0.750. The molecule has 0 amide bonds. The predicted molar refractivity (Wildman–Crippen MR) is 29.6 cm³/mol. The van der Waals surface area contributed by atoms with Crippen molar-refractivity contribution in [2.75, 3.05) is 0 Å². The van der Waals surface area contributed by atoms with Crippen LogP contribution in [0.25, 0.3) is 0 Å². The zero-order valence-corrected chi connectivity index (χ0v) is 4.41. The Morgan fingerprint density at radius 2 is 2.25 bits per heavy atom. The van der Waals surface area contributed by atoms with Crippen molar-refractivity contribution >= 4 is 0 Å². The molecular weight excluding hydrogens is 104 g/mol. The molecule has 1 radical (unpaired) electrons. The lowest BCUT2D eigenvalue weighted by molar-refractivity contribution is -0.259.